The predicted molar refractivity (Wildman–Crippen MR) is 139 cm³/mol. The van der Waals surface area contributed by atoms with Crippen molar-refractivity contribution in [3.05, 3.63) is 52.0 Å². The van der Waals surface area contributed by atoms with Crippen LogP contribution in [0.1, 0.15) is 43.5 Å². The van der Waals surface area contributed by atoms with E-state index in [2.05, 4.69) is 9.80 Å². The molecule has 2 heterocycles. The van der Waals surface area contributed by atoms with Crippen molar-refractivity contribution in [1.82, 2.24) is 4.90 Å². The number of anilines is 2. The van der Waals surface area contributed by atoms with Crippen LogP contribution in [0.4, 0.5) is 11.4 Å². The Hall–Kier alpha value is -1.96. The molecule has 2 aromatic rings. The minimum Gasteiger partial charge on any atom is -0.371 e. The molecule has 0 aliphatic carbocycles. The van der Waals surface area contributed by atoms with Gasteiger partial charge in [-0.3, -0.25) is 4.79 Å². The fourth-order valence-electron chi connectivity index (χ4n) is 4.57. The minimum absolute atomic E-state index is 0.116. The molecule has 0 radical (unpaired) electrons. The number of hydrogen-bond donors (Lipinski definition) is 0. The van der Waals surface area contributed by atoms with Gasteiger partial charge < -0.3 is 14.7 Å². The van der Waals surface area contributed by atoms with Crippen molar-refractivity contribution in [2.24, 2.45) is 0 Å². The Balaban J connectivity index is 1.59. The molecule has 0 atom stereocenters. The van der Waals surface area contributed by atoms with Gasteiger partial charge in [0, 0.05) is 50.6 Å². The van der Waals surface area contributed by atoms with E-state index >= 15 is 0 Å². The second-order valence-corrected chi connectivity index (χ2v) is 12.5. The molecule has 2 aliphatic rings. The molecule has 0 unspecified atom stereocenters. The summed E-state index contributed by atoms with van der Waals surface area (Å²) in [5, 5.41) is 0.471. The summed E-state index contributed by atoms with van der Waals surface area (Å²) < 4.78 is 25.7. The summed E-state index contributed by atoms with van der Waals surface area (Å²) in [7, 11) is -3.48. The van der Waals surface area contributed by atoms with Crippen LogP contribution >= 0.6 is 23.2 Å². The third-order valence-electron chi connectivity index (χ3n) is 6.68. The Morgan fingerprint density at radius 3 is 2.12 bits per heavy atom. The summed E-state index contributed by atoms with van der Waals surface area (Å²) in [6.07, 6.45) is 3.32. The Kier molecular flexibility index (Phi) is 7.65. The highest BCUT2D eigenvalue weighted by Crippen LogP contribution is 2.31. The molecule has 2 saturated heterocycles. The maximum absolute atomic E-state index is 13.7. The molecule has 2 aromatic carbocycles. The van der Waals surface area contributed by atoms with Crippen LogP contribution in [0, 0.1) is 0 Å². The summed E-state index contributed by atoms with van der Waals surface area (Å²) in [6.45, 7) is 7.48. The number of rotatable bonds is 5. The van der Waals surface area contributed by atoms with Crippen molar-refractivity contribution in [3.63, 3.8) is 0 Å². The van der Waals surface area contributed by atoms with Gasteiger partial charge in [0.2, 0.25) is 0 Å². The quantitative estimate of drug-likeness (QED) is 0.543. The highest BCUT2D eigenvalue weighted by atomic mass is 35.5. The molecule has 1 amide bonds. The van der Waals surface area contributed by atoms with Gasteiger partial charge in [0.05, 0.1) is 25.8 Å². The number of amides is 1. The summed E-state index contributed by atoms with van der Waals surface area (Å²) in [5.41, 5.74) is 2.28. The van der Waals surface area contributed by atoms with Crippen LogP contribution in [0.15, 0.2) is 41.3 Å². The summed E-state index contributed by atoms with van der Waals surface area (Å²) in [6, 6.07) is 10.6. The SMILES string of the molecule is CC(C)S(=O)(=O)c1ccc(N2CCCCC2)c(C(=O)N2CCN(c3ccc(Cl)c(Cl)c3)CC2)c1. The van der Waals surface area contributed by atoms with E-state index in [0.29, 0.717) is 41.8 Å². The lowest BCUT2D eigenvalue weighted by atomic mass is 10.1. The van der Waals surface area contributed by atoms with Gasteiger partial charge in [-0.1, -0.05) is 23.2 Å². The van der Waals surface area contributed by atoms with Gasteiger partial charge in [0.1, 0.15) is 0 Å². The predicted octanol–water partition coefficient (Wildman–Crippen LogP) is 5.13. The van der Waals surface area contributed by atoms with Crippen molar-refractivity contribution in [2.75, 3.05) is 49.1 Å². The molecule has 184 valence electrons. The van der Waals surface area contributed by atoms with Crippen LogP contribution in [0.3, 0.4) is 0 Å². The monoisotopic (exact) mass is 523 g/mol. The van der Waals surface area contributed by atoms with E-state index in [9.17, 15) is 13.2 Å². The molecule has 4 rings (SSSR count). The van der Waals surface area contributed by atoms with Crippen molar-refractivity contribution >= 4 is 50.3 Å². The van der Waals surface area contributed by atoms with Crippen LogP contribution in [0.2, 0.25) is 10.0 Å². The molecule has 2 aliphatic heterocycles. The zero-order chi connectivity index (χ0) is 24.5. The normalized spacial score (nSPS) is 17.4. The summed E-state index contributed by atoms with van der Waals surface area (Å²) >= 11 is 12.2. The highest BCUT2D eigenvalue weighted by Gasteiger charge is 2.29. The second-order valence-electron chi connectivity index (χ2n) is 9.20. The first kappa shape index (κ1) is 25.1. The maximum Gasteiger partial charge on any atom is 0.256 e. The lowest BCUT2D eigenvalue weighted by molar-refractivity contribution is 0.0747. The molecular weight excluding hydrogens is 493 g/mol. The zero-order valence-corrected chi connectivity index (χ0v) is 22.0. The lowest BCUT2D eigenvalue weighted by Crippen LogP contribution is -2.49. The van der Waals surface area contributed by atoms with E-state index in [-0.39, 0.29) is 10.8 Å². The number of piperazine rings is 1. The van der Waals surface area contributed by atoms with Gasteiger partial charge in [0.15, 0.2) is 9.84 Å². The van der Waals surface area contributed by atoms with E-state index in [4.69, 9.17) is 23.2 Å². The molecule has 0 aromatic heterocycles. The Morgan fingerprint density at radius 1 is 0.824 bits per heavy atom. The van der Waals surface area contributed by atoms with Gasteiger partial charge in [0.25, 0.3) is 5.91 Å². The number of hydrogen-bond acceptors (Lipinski definition) is 5. The molecule has 9 heteroatoms. The van der Waals surface area contributed by atoms with Crippen LogP contribution in [0.5, 0.6) is 0 Å². The zero-order valence-electron chi connectivity index (χ0n) is 19.6. The van der Waals surface area contributed by atoms with Crippen LogP contribution in [0.25, 0.3) is 0 Å². The van der Waals surface area contributed by atoms with Gasteiger partial charge in [-0.15, -0.1) is 0 Å². The second kappa shape index (κ2) is 10.3. The van der Waals surface area contributed by atoms with Crippen molar-refractivity contribution in [3.8, 4) is 0 Å². The van der Waals surface area contributed by atoms with E-state index in [1.54, 1.807) is 32.0 Å². The van der Waals surface area contributed by atoms with Crippen LogP contribution in [-0.2, 0) is 9.84 Å². The van der Waals surface area contributed by atoms with Crippen LogP contribution in [-0.4, -0.2) is 63.7 Å². The van der Waals surface area contributed by atoms with Crippen molar-refractivity contribution in [2.45, 2.75) is 43.3 Å². The van der Waals surface area contributed by atoms with Crippen molar-refractivity contribution < 1.29 is 13.2 Å². The molecule has 34 heavy (non-hydrogen) atoms. The maximum atomic E-state index is 13.7. The molecule has 0 N–H and O–H groups in total. The number of benzene rings is 2. The summed E-state index contributed by atoms with van der Waals surface area (Å²) in [4.78, 5) is 20.1. The summed E-state index contributed by atoms with van der Waals surface area (Å²) in [5.74, 6) is -0.116. The van der Waals surface area contributed by atoms with Gasteiger partial charge in [-0.05, 0) is 69.5 Å². The van der Waals surface area contributed by atoms with Crippen LogP contribution < -0.4 is 9.80 Å². The van der Waals surface area contributed by atoms with E-state index < -0.39 is 15.1 Å². The number of carbonyl (C=O) groups is 1. The smallest absolute Gasteiger partial charge is 0.256 e. The third-order valence-corrected chi connectivity index (χ3v) is 9.57. The number of sulfone groups is 1. The van der Waals surface area contributed by atoms with Crippen molar-refractivity contribution in [1.29, 1.82) is 0 Å². The Morgan fingerprint density at radius 2 is 1.50 bits per heavy atom. The first-order valence-electron chi connectivity index (χ1n) is 11.8. The molecule has 0 saturated carbocycles. The number of carbonyl (C=O) groups excluding carboxylic acids is 1. The Labute approximate surface area is 212 Å². The van der Waals surface area contributed by atoms with Gasteiger partial charge in [-0.25, -0.2) is 8.42 Å². The molecule has 0 spiro atoms. The molecule has 2 fully saturated rings. The van der Waals surface area contributed by atoms with E-state index in [0.717, 1.165) is 37.3 Å². The lowest BCUT2D eigenvalue weighted by Gasteiger charge is -2.37. The van der Waals surface area contributed by atoms with Gasteiger partial charge in [-0.2, -0.15) is 0 Å². The standard InChI is InChI=1S/C25H31Cl2N3O3S/c1-18(2)34(32,33)20-7-9-24(29-10-4-3-5-11-29)21(17-20)25(31)30-14-12-28(13-15-30)19-6-8-22(26)23(27)16-19/h6-9,16-18H,3-5,10-15H2,1-2H3. The topological polar surface area (TPSA) is 60.9 Å². The minimum atomic E-state index is -3.48. The largest absolute Gasteiger partial charge is 0.371 e. The number of piperidine rings is 1. The van der Waals surface area contributed by atoms with Gasteiger partial charge >= 0.3 is 0 Å². The molecule has 6 nitrogen and oxygen atoms in total. The number of nitrogens with zero attached hydrogens (tertiary/aromatic N) is 3. The van der Waals surface area contributed by atoms with E-state index in [1.165, 1.54) is 6.42 Å². The average Bonchev–Trinajstić information content (AvgIpc) is 2.85. The molecule has 0 bridgehead atoms. The first-order valence-corrected chi connectivity index (χ1v) is 14.1. The first-order chi connectivity index (χ1) is 16.2. The number of halogens is 2. The molecular formula is C25H31Cl2N3O3S. The fourth-order valence-corrected chi connectivity index (χ4v) is 5.94. The van der Waals surface area contributed by atoms with E-state index in [1.807, 2.05) is 23.1 Å². The third kappa shape index (κ3) is 5.16. The average molecular weight is 525 g/mol. The fraction of sp³-hybridized carbons (Fsp3) is 0.480. The highest BCUT2D eigenvalue weighted by molar-refractivity contribution is 7.92. The Bertz CT molecular complexity index is 1160.